The summed E-state index contributed by atoms with van der Waals surface area (Å²) < 4.78 is 13.5. The van der Waals surface area contributed by atoms with E-state index in [0.29, 0.717) is 10.0 Å². The van der Waals surface area contributed by atoms with E-state index in [2.05, 4.69) is 36.8 Å². The van der Waals surface area contributed by atoms with Crippen molar-refractivity contribution in [3.8, 4) is 0 Å². The Bertz CT molecular complexity index is 462. The summed E-state index contributed by atoms with van der Waals surface area (Å²) in [5, 5.41) is 0.950. The van der Waals surface area contributed by atoms with Crippen molar-refractivity contribution in [3.05, 3.63) is 34.1 Å². The van der Waals surface area contributed by atoms with E-state index in [4.69, 9.17) is 0 Å². The number of hydrogen-bond acceptors (Lipinski definition) is 2. The molecule has 1 aromatic rings. The number of hydrogen-bond donors (Lipinski definition) is 0. The van der Waals surface area contributed by atoms with Crippen LogP contribution in [0.5, 0.6) is 0 Å². The molecular weight excluding hydrogens is 379 g/mol. The minimum Gasteiger partial charge on any atom is -0.336 e. The lowest BCUT2D eigenvalue weighted by Gasteiger charge is -2.34. The van der Waals surface area contributed by atoms with Crippen LogP contribution in [0, 0.1) is 5.82 Å². The maximum atomic E-state index is 13.2. The van der Waals surface area contributed by atoms with Gasteiger partial charge in [0, 0.05) is 43.6 Å². The van der Waals surface area contributed by atoms with Gasteiger partial charge in [0.1, 0.15) is 5.82 Å². The Morgan fingerprint density at radius 2 is 1.95 bits per heavy atom. The first kappa shape index (κ1) is 14.9. The van der Waals surface area contributed by atoms with Crippen LogP contribution in [0.1, 0.15) is 10.4 Å². The molecule has 0 atom stereocenters. The number of halogens is 3. The minimum atomic E-state index is -0.348. The molecule has 0 saturated carbocycles. The molecule has 1 aromatic carbocycles. The summed E-state index contributed by atoms with van der Waals surface area (Å²) in [7, 11) is 0. The maximum Gasteiger partial charge on any atom is 0.253 e. The van der Waals surface area contributed by atoms with Crippen molar-refractivity contribution in [2.45, 2.75) is 0 Å². The lowest BCUT2D eigenvalue weighted by atomic mass is 10.2. The van der Waals surface area contributed by atoms with E-state index in [1.807, 2.05) is 4.90 Å². The molecule has 3 nitrogen and oxygen atoms in total. The van der Waals surface area contributed by atoms with Crippen LogP contribution >= 0.6 is 31.9 Å². The number of piperazine rings is 1. The highest BCUT2D eigenvalue weighted by molar-refractivity contribution is 9.10. The van der Waals surface area contributed by atoms with Gasteiger partial charge in [-0.15, -0.1) is 0 Å². The van der Waals surface area contributed by atoms with Gasteiger partial charge in [-0.25, -0.2) is 4.39 Å². The van der Waals surface area contributed by atoms with Crippen molar-refractivity contribution >= 4 is 37.8 Å². The van der Waals surface area contributed by atoms with Gasteiger partial charge in [-0.05, 0) is 34.1 Å². The molecule has 0 aliphatic carbocycles. The third-order valence-corrected chi connectivity index (χ3v) is 4.19. The van der Waals surface area contributed by atoms with Gasteiger partial charge in [0.05, 0.1) is 4.47 Å². The Labute approximate surface area is 129 Å². The number of carbonyl (C=O) groups is 1. The van der Waals surface area contributed by atoms with Crippen LogP contribution in [-0.4, -0.2) is 53.8 Å². The van der Waals surface area contributed by atoms with Crippen LogP contribution < -0.4 is 0 Å². The zero-order valence-electron chi connectivity index (χ0n) is 10.4. The van der Waals surface area contributed by atoms with Crippen LogP contribution in [0.15, 0.2) is 22.7 Å². The fourth-order valence-corrected chi connectivity index (χ4v) is 2.99. The molecule has 1 aliphatic rings. The third kappa shape index (κ3) is 3.77. The van der Waals surface area contributed by atoms with Gasteiger partial charge in [-0.1, -0.05) is 15.9 Å². The molecule has 1 heterocycles. The van der Waals surface area contributed by atoms with Crippen molar-refractivity contribution in [1.82, 2.24) is 9.80 Å². The van der Waals surface area contributed by atoms with Crippen molar-refractivity contribution in [2.75, 3.05) is 38.1 Å². The highest BCUT2D eigenvalue weighted by Gasteiger charge is 2.22. The molecule has 0 radical (unpaired) electrons. The van der Waals surface area contributed by atoms with Gasteiger partial charge >= 0.3 is 0 Å². The number of benzene rings is 1. The molecule has 0 spiro atoms. The largest absolute Gasteiger partial charge is 0.336 e. The zero-order valence-corrected chi connectivity index (χ0v) is 13.6. The smallest absolute Gasteiger partial charge is 0.253 e. The van der Waals surface area contributed by atoms with Crippen molar-refractivity contribution in [3.63, 3.8) is 0 Å². The topological polar surface area (TPSA) is 23.6 Å². The first-order chi connectivity index (χ1) is 9.11. The summed E-state index contributed by atoms with van der Waals surface area (Å²) in [6.45, 7) is 4.23. The van der Waals surface area contributed by atoms with Crippen LogP contribution in [0.3, 0.4) is 0 Å². The summed E-state index contributed by atoms with van der Waals surface area (Å²) in [5.41, 5.74) is 0.530. The van der Waals surface area contributed by atoms with E-state index in [1.165, 1.54) is 12.1 Å². The lowest BCUT2D eigenvalue weighted by Crippen LogP contribution is -2.49. The van der Waals surface area contributed by atoms with Gasteiger partial charge < -0.3 is 4.90 Å². The number of amides is 1. The fraction of sp³-hybridized carbons (Fsp3) is 0.462. The van der Waals surface area contributed by atoms with E-state index in [-0.39, 0.29) is 11.7 Å². The molecule has 0 unspecified atom stereocenters. The van der Waals surface area contributed by atoms with Crippen LogP contribution in [0.4, 0.5) is 4.39 Å². The van der Waals surface area contributed by atoms with Crippen LogP contribution in [0.2, 0.25) is 0 Å². The van der Waals surface area contributed by atoms with Crippen molar-refractivity contribution < 1.29 is 9.18 Å². The molecule has 1 saturated heterocycles. The highest BCUT2D eigenvalue weighted by atomic mass is 79.9. The first-order valence-electron chi connectivity index (χ1n) is 6.14. The molecular formula is C13H15Br2FN2O. The summed E-state index contributed by atoms with van der Waals surface area (Å²) in [6.07, 6.45) is 0. The van der Waals surface area contributed by atoms with E-state index in [0.717, 1.165) is 38.1 Å². The van der Waals surface area contributed by atoms with Crippen LogP contribution in [-0.2, 0) is 0 Å². The number of rotatable bonds is 3. The molecule has 0 bridgehead atoms. The van der Waals surface area contributed by atoms with Gasteiger partial charge in [0.25, 0.3) is 5.91 Å². The second kappa shape index (κ2) is 6.81. The second-order valence-electron chi connectivity index (χ2n) is 4.45. The monoisotopic (exact) mass is 392 g/mol. The molecule has 2 rings (SSSR count). The highest BCUT2D eigenvalue weighted by Crippen LogP contribution is 2.18. The molecule has 6 heteroatoms. The summed E-state index contributed by atoms with van der Waals surface area (Å²) >= 11 is 6.53. The summed E-state index contributed by atoms with van der Waals surface area (Å²) in [4.78, 5) is 16.4. The molecule has 1 amide bonds. The van der Waals surface area contributed by atoms with E-state index >= 15 is 0 Å². The molecule has 1 fully saturated rings. The third-order valence-electron chi connectivity index (χ3n) is 3.23. The van der Waals surface area contributed by atoms with Crippen molar-refractivity contribution in [2.24, 2.45) is 0 Å². The van der Waals surface area contributed by atoms with Crippen LogP contribution in [0.25, 0.3) is 0 Å². The first-order valence-corrected chi connectivity index (χ1v) is 8.06. The van der Waals surface area contributed by atoms with Crippen molar-refractivity contribution in [1.29, 1.82) is 0 Å². The Hall–Kier alpha value is -0.460. The van der Waals surface area contributed by atoms with Gasteiger partial charge in [0.2, 0.25) is 0 Å². The Morgan fingerprint density at radius 3 is 2.53 bits per heavy atom. The SMILES string of the molecule is O=C(c1ccc(F)c(Br)c1)N1CCN(CCBr)CC1. The van der Waals surface area contributed by atoms with E-state index in [1.54, 1.807) is 6.07 Å². The molecule has 0 N–H and O–H groups in total. The van der Waals surface area contributed by atoms with E-state index < -0.39 is 0 Å². The van der Waals surface area contributed by atoms with Gasteiger partial charge in [-0.2, -0.15) is 0 Å². The number of carbonyl (C=O) groups excluding carboxylic acids is 1. The Balaban J connectivity index is 1.99. The zero-order chi connectivity index (χ0) is 13.8. The summed E-state index contributed by atoms with van der Waals surface area (Å²) in [5.74, 6) is -0.377. The average Bonchev–Trinajstić information content (AvgIpc) is 2.42. The summed E-state index contributed by atoms with van der Waals surface area (Å²) in [6, 6.07) is 4.40. The maximum absolute atomic E-state index is 13.2. The minimum absolute atomic E-state index is 0.0285. The predicted molar refractivity (Wildman–Crippen MR) is 80.2 cm³/mol. The van der Waals surface area contributed by atoms with Gasteiger partial charge in [0.15, 0.2) is 0 Å². The quantitative estimate of drug-likeness (QED) is 0.737. The number of alkyl halides is 1. The standard InChI is InChI=1S/C13H15Br2FN2O/c14-3-4-17-5-7-18(8-6-17)13(19)10-1-2-12(16)11(15)9-10/h1-2,9H,3-8H2. The predicted octanol–water partition coefficient (Wildman–Crippen LogP) is 2.74. The molecule has 1 aliphatic heterocycles. The molecule has 0 aromatic heterocycles. The number of nitrogens with zero attached hydrogens (tertiary/aromatic N) is 2. The van der Waals surface area contributed by atoms with E-state index in [9.17, 15) is 9.18 Å². The lowest BCUT2D eigenvalue weighted by molar-refractivity contribution is 0.0645. The second-order valence-corrected chi connectivity index (χ2v) is 6.10. The normalized spacial score (nSPS) is 16.7. The average molecular weight is 394 g/mol. The van der Waals surface area contributed by atoms with Gasteiger partial charge in [-0.3, -0.25) is 9.69 Å². The Kier molecular flexibility index (Phi) is 5.36. The Morgan fingerprint density at radius 1 is 1.26 bits per heavy atom. The molecule has 104 valence electrons. The fourth-order valence-electron chi connectivity index (χ4n) is 2.11. The molecule has 19 heavy (non-hydrogen) atoms.